The molecule has 4 nitrogen and oxygen atoms in total. The number of hydrogen-bond acceptors (Lipinski definition) is 3. The zero-order valence-corrected chi connectivity index (χ0v) is 10.4. The monoisotopic (exact) mass is 251 g/mol. The van der Waals surface area contributed by atoms with Gasteiger partial charge in [-0.2, -0.15) is 0 Å². The van der Waals surface area contributed by atoms with Crippen LogP contribution in [0.15, 0.2) is 18.2 Å². The molecule has 0 atom stereocenters. The van der Waals surface area contributed by atoms with Gasteiger partial charge >= 0.3 is 0 Å². The Kier molecular flexibility index (Phi) is 3.52. The van der Waals surface area contributed by atoms with Gasteiger partial charge in [-0.1, -0.05) is 0 Å². The van der Waals surface area contributed by atoms with Crippen molar-refractivity contribution in [1.82, 2.24) is 5.32 Å². The minimum atomic E-state index is -0.616. The zero-order valence-electron chi connectivity index (χ0n) is 10.4. The van der Waals surface area contributed by atoms with Crippen LogP contribution in [0.4, 0.5) is 10.1 Å². The van der Waals surface area contributed by atoms with Gasteiger partial charge in [-0.05, 0) is 51.1 Å². The summed E-state index contributed by atoms with van der Waals surface area (Å²) in [5, 5.41) is 6.61. The summed E-state index contributed by atoms with van der Waals surface area (Å²) in [6.07, 6.45) is 1.89. The van der Waals surface area contributed by atoms with Gasteiger partial charge < -0.3 is 16.4 Å². The number of hydrogen-bond donors (Lipinski definition) is 3. The van der Waals surface area contributed by atoms with Gasteiger partial charge in [0.15, 0.2) is 0 Å². The van der Waals surface area contributed by atoms with Crippen LogP contribution in [-0.4, -0.2) is 24.5 Å². The largest absolute Gasteiger partial charge is 0.379 e. The first-order valence-electron chi connectivity index (χ1n) is 6.08. The Balaban J connectivity index is 2.25. The molecule has 1 fully saturated rings. The number of halogens is 1. The van der Waals surface area contributed by atoms with Crippen LogP contribution in [0.5, 0.6) is 0 Å². The number of rotatable bonds is 3. The molecule has 0 saturated carbocycles. The van der Waals surface area contributed by atoms with Crippen LogP contribution in [0.3, 0.4) is 0 Å². The van der Waals surface area contributed by atoms with Crippen LogP contribution < -0.4 is 16.4 Å². The van der Waals surface area contributed by atoms with E-state index < -0.39 is 11.7 Å². The fraction of sp³-hybridized carbons (Fsp3) is 0.462. The van der Waals surface area contributed by atoms with Gasteiger partial charge in [0.1, 0.15) is 5.82 Å². The van der Waals surface area contributed by atoms with E-state index in [2.05, 4.69) is 17.6 Å². The van der Waals surface area contributed by atoms with Crippen LogP contribution >= 0.6 is 0 Å². The lowest BCUT2D eigenvalue weighted by Crippen LogP contribution is -2.45. The van der Waals surface area contributed by atoms with E-state index in [9.17, 15) is 9.18 Å². The summed E-state index contributed by atoms with van der Waals surface area (Å²) in [5.41, 5.74) is 5.99. The standard InChI is InChI=1S/C13H18FN3O/c1-13(4-6-16-7-5-13)17-11-3-2-9(14)8-10(11)12(15)18/h2-3,8,16-17H,4-7H2,1H3,(H2,15,18). The highest BCUT2D eigenvalue weighted by molar-refractivity contribution is 5.98. The van der Waals surface area contributed by atoms with Crippen molar-refractivity contribution in [1.29, 1.82) is 0 Å². The minimum absolute atomic E-state index is 0.0900. The van der Waals surface area contributed by atoms with Crippen LogP contribution in [0.1, 0.15) is 30.1 Å². The van der Waals surface area contributed by atoms with Gasteiger partial charge in [-0.25, -0.2) is 4.39 Å². The van der Waals surface area contributed by atoms with E-state index >= 15 is 0 Å². The van der Waals surface area contributed by atoms with E-state index in [-0.39, 0.29) is 11.1 Å². The molecule has 18 heavy (non-hydrogen) atoms. The number of primary amides is 1. The maximum absolute atomic E-state index is 13.1. The third-order valence-electron chi connectivity index (χ3n) is 3.39. The molecule has 2 rings (SSSR count). The minimum Gasteiger partial charge on any atom is -0.379 e. The Morgan fingerprint density at radius 1 is 1.44 bits per heavy atom. The number of benzene rings is 1. The molecule has 0 radical (unpaired) electrons. The molecule has 1 saturated heterocycles. The highest BCUT2D eigenvalue weighted by atomic mass is 19.1. The Hall–Kier alpha value is -1.62. The molecule has 0 bridgehead atoms. The molecule has 1 heterocycles. The van der Waals surface area contributed by atoms with Crippen molar-refractivity contribution < 1.29 is 9.18 Å². The number of carbonyl (C=O) groups excluding carboxylic acids is 1. The van der Waals surface area contributed by atoms with Gasteiger partial charge in [-0.3, -0.25) is 4.79 Å². The van der Waals surface area contributed by atoms with Crippen molar-refractivity contribution >= 4 is 11.6 Å². The van der Waals surface area contributed by atoms with Crippen molar-refractivity contribution in [2.45, 2.75) is 25.3 Å². The smallest absolute Gasteiger partial charge is 0.250 e. The van der Waals surface area contributed by atoms with Crippen molar-refractivity contribution in [3.05, 3.63) is 29.6 Å². The van der Waals surface area contributed by atoms with E-state index in [4.69, 9.17) is 5.73 Å². The molecule has 4 N–H and O–H groups in total. The number of amides is 1. The number of piperidine rings is 1. The van der Waals surface area contributed by atoms with Gasteiger partial charge in [0.05, 0.1) is 5.56 Å². The molecule has 1 aromatic rings. The maximum atomic E-state index is 13.1. The molecule has 0 unspecified atom stereocenters. The average Bonchev–Trinajstić information content (AvgIpc) is 2.32. The van der Waals surface area contributed by atoms with Crippen molar-refractivity contribution in [3.63, 3.8) is 0 Å². The average molecular weight is 251 g/mol. The second kappa shape index (κ2) is 4.94. The van der Waals surface area contributed by atoms with E-state index in [1.54, 1.807) is 6.07 Å². The number of nitrogens with one attached hydrogen (secondary N) is 2. The van der Waals surface area contributed by atoms with Crippen LogP contribution in [0.25, 0.3) is 0 Å². The first kappa shape index (κ1) is 12.8. The number of nitrogens with two attached hydrogens (primary N) is 1. The highest BCUT2D eigenvalue weighted by Crippen LogP contribution is 2.26. The topological polar surface area (TPSA) is 67.1 Å². The molecule has 1 aromatic carbocycles. The van der Waals surface area contributed by atoms with Crippen molar-refractivity contribution in [2.24, 2.45) is 5.73 Å². The van der Waals surface area contributed by atoms with E-state index in [0.29, 0.717) is 5.69 Å². The normalized spacial score (nSPS) is 18.3. The molecule has 98 valence electrons. The molecule has 1 aliphatic rings. The summed E-state index contributed by atoms with van der Waals surface area (Å²) < 4.78 is 13.1. The molecule has 5 heteroatoms. The second-order valence-electron chi connectivity index (χ2n) is 4.99. The Labute approximate surface area is 106 Å². The van der Waals surface area contributed by atoms with Crippen LogP contribution in [-0.2, 0) is 0 Å². The number of carbonyl (C=O) groups is 1. The quantitative estimate of drug-likeness (QED) is 0.762. The molecule has 0 aromatic heterocycles. The summed E-state index contributed by atoms with van der Waals surface area (Å²) in [7, 11) is 0. The molecular formula is C13H18FN3O. The molecule has 0 aliphatic carbocycles. The summed E-state index contributed by atoms with van der Waals surface area (Å²) in [4.78, 5) is 11.3. The Morgan fingerprint density at radius 2 is 2.11 bits per heavy atom. The van der Waals surface area contributed by atoms with Gasteiger partial charge in [0, 0.05) is 11.2 Å². The first-order valence-corrected chi connectivity index (χ1v) is 6.08. The van der Waals surface area contributed by atoms with Gasteiger partial charge in [0.25, 0.3) is 5.91 Å². The third-order valence-corrected chi connectivity index (χ3v) is 3.39. The highest BCUT2D eigenvalue weighted by Gasteiger charge is 2.27. The Bertz CT molecular complexity index is 456. The van der Waals surface area contributed by atoms with Crippen molar-refractivity contribution in [3.8, 4) is 0 Å². The Morgan fingerprint density at radius 3 is 2.72 bits per heavy atom. The molecular weight excluding hydrogens is 233 g/mol. The van der Waals surface area contributed by atoms with Crippen LogP contribution in [0, 0.1) is 5.82 Å². The maximum Gasteiger partial charge on any atom is 0.250 e. The van der Waals surface area contributed by atoms with Gasteiger partial charge in [0.2, 0.25) is 0 Å². The summed E-state index contributed by atoms with van der Waals surface area (Å²) in [6, 6.07) is 4.08. The second-order valence-corrected chi connectivity index (χ2v) is 4.99. The summed E-state index contributed by atoms with van der Waals surface area (Å²) in [5.74, 6) is -1.07. The van der Waals surface area contributed by atoms with Gasteiger partial charge in [-0.15, -0.1) is 0 Å². The SMILES string of the molecule is CC1(Nc2ccc(F)cc2C(N)=O)CCNCC1. The fourth-order valence-corrected chi connectivity index (χ4v) is 2.26. The lowest BCUT2D eigenvalue weighted by atomic mass is 9.90. The van der Waals surface area contributed by atoms with Crippen LogP contribution in [0.2, 0.25) is 0 Å². The lowest BCUT2D eigenvalue weighted by Gasteiger charge is -2.36. The van der Waals surface area contributed by atoms with E-state index in [0.717, 1.165) is 25.9 Å². The number of anilines is 1. The van der Waals surface area contributed by atoms with E-state index in [1.165, 1.54) is 12.1 Å². The molecule has 1 amide bonds. The third kappa shape index (κ3) is 2.79. The predicted octanol–water partition coefficient (Wildman–Crippen LogP) is 1.48. The summed E-state index contributed by atoms with van der Waals surface area (Å²) >= 11 is 0. The molecule has 1 aliphatic heterocycles. The van der Waals surface area contributed by atoms with E-state index in [1.807, 2.05) is 0 Å². The summed E-state index contributed by atoms with van der Waals surface area (Å²) in [6.45, 7) is 3.95. The lowest BCUT2D eigenvalue weighted by molar-refractivity contribution is 0.100. The van der Waals surface area contributed by atoms with Crippen molar-refractivity contribution in [2.75, 3.05) is 18.4 Å². The first-order chi connectivity index (χ1) is 8.50. The fourth-order valence-electron chi connectivity index (χ4n) is 2.26. The molecule has 0 spiro atoms. The zero-order chi connectivity index (χ0) is 13.2. The predicted molar refractivity (Wildman–Crippen MR) is 69.0 cm³/mol.